The van der Waals surface area contributed by atoms with Gasteiger partial charge in [0.15, 0.2) is 18.7 Å². The van der Waals surface area contributed by atoms with Crippen LogP contribution in [0.25, 0.3) is 0 Å². The van der Waals surface area contributed by atoms with E-state index >= 15 is 0 Å². The van der Waals surface area contributed by atoms with Crippen molar-refractivity contribution in [3.63, 3.8) is 0 Å². The van der Waals surface area contributed by atoms with Crippen molar-refractivity contribution in [1.82, 2.24) is 5.16 Å². The number of nitrogens with zero attached hydrogens (tertiary/aromatic N) is 1. The highest BCUT2D eigenvalue weighted by Crippen LogP contribution is 2.36. The minimum absolute atomic E-state index is 0.0322. The molecule has 1 aliphatic heterocycles. The molecule has 8 nitrogen and oxygen atoms in total. The number of aryl methyl sites for hydroxylation is 1. The van der Waals surface area contributed by atoms with Crippen molar-refractivity contribution < 1.29 is 35.5 Å². The number of fused-ring (bicyclic) bond motifs is 1. The van der Waals surface area contributed by atoms with Crippen LogP contribution in [0.15, 0.2) is 32.9 Å². The quantitative estimate of drug-likeness (QED) is 0.554. The van der Waals surface area contributed by atoms with E-state index in [1.807, 2.05) is 0 Å². The Morgan fingerprint density at radius 1 is 1.45 bits per heavy atom. The third kappa shape index (κ3) is 3.70. The average Bonchev–Trinajstić information content (AvgIpc) is 3.53. The standard InChI is InChI=1S/C18H15ClN2O6S2/c1-9-5-13-14(26-8-25-13)7-11(9)6-12(22)17-15(3-4-28-17)29(23,24)21-18-16(19)10(2)20-27-18/h3-5,7,21H,6,8H2,1-2H3/i2D3,5D,7D/hD. The number of ether oxygens (including phenoxy) is 2. The van der Waals surface area contributed by atoms with Crippen molar-refractivity contribution in [3.8, 4) is 11.5 Å². The topological polar surface area (TPSA) is 108 Å². The third-order valence-corrected chi connectivity index (χ3v) is 6.68. The van der Waals surface area contributed by atoms with Crippen LogP contribution in [0.2, 0.25) is 6.43 Å². The summed E-state index contributed by atoms with van der Waals surface area (Å²) in [4.78, 5) is 12.4. The third-order valence-electron chi connectivity index (χ3n) is 3.95. The predicted octanol–water partition coefficient (Wildman–Crippen LogP) is 3.96. The van der Waals surface area contributed by atoms with Crippen molar-refractivity contribution in [1.29, 1.82) is 0 Å². The molecule has 0 aliphatic carbocycles. The maximum atomic E-state index is 13.1. The number of carbonyl (C=O) groups excluding carboxylic acids is 1. The van der Waals surface area contributed by atoms with Gasteiger partial charge in [-0.15, -0.1) is 11.3 Å². The zero-order valence-corrected chi connectivity index (χ0v) is 17.0. The van der Waals surface area contributed by atoms with Gasteiger partial charge >= 0.3 is 0 Å². The van der Waals surface area contributed by atoms with Crippen LogP contribution < -0.4 is 14.2 Å². The number of Topliss-reactive ketones (excluding diaryl/α,β-unsaturated/α-hetero) is 1. The second kappa shape index (κ2) is 7.36. The van der Waals surface area contributed by atoms with Crippen LogP contribution in [-0.4, -0.2) is 26.2 Å². The Balaban J connectivity index is 1.69. The van der Waals surface area contributed by atoms with Crippen LogP contribution in [0.1, 0.15) is 33.3 Å². The molecule has 2 aromatic heterocycles. The molecule has 11 heteroatoms. The lowest BCUT2D eigenvalue weighted by molar-refractivity contribution is 0.0994. The van der Waals surface area contributed by atoms with E-state index in [0.29, 0.717) is 5.56 Å². The first kappa shape index (κ1) is 13.6. The first-order valence-electron chi connectivity index (χ1n) is 10.9. The molecule has 0 unspecified atom stereocenters. The summed E-state index contributed by atoms with van der Waals surface area (Å²) in [6.07, 6.45) is -0.416. The number of anilines is 1. The van der Waals surface area contributed by atoms with Gasteiger partial charge in [-0.25, -0.2) is 13.1 Å². The lowest BCUT2D eigenvalue weighted by Crippen LogP contribution is -2.16. The molecule has 0 saturated carbocycles. The van der Waals surface area contributed by atoms with E-state index < -0.39 is 50.6 Å². The van der Waals surface area contributed by atoms with Gasteiger partial charge in [-0.1, -0.05) is 16.8 Å². The van der Waals surface area contributed by atoms with Gasteiger partial charge < -0.3 is 14.0 Å². The van der Waals surface area contributed by atoms with E-state index in [4.69, 9.17) is 33.9 Å². The highest BCUT2D eigenvalue weighted by Gasteiger charge is 2.27. The Labute approximate surface area is 183 Å². The highest BCUT2D eigenvalue weighted by atomic mass is 35.5. The van der Waals surface area contributed by atoms with Gasteiger partial charge in [0.25, 0.3) is 15.9 Å². The summed E-state index contributed by atoms with van der Waals surface area (Å²) in [5.74, 6) is -1.40. The van der Waals surface area contributed by atoms with E-state index in [1.54, 1.807) is 0 Å². The summed E-state index contributed by atoms with van der Waals surface area (Å²) in [5, 5.41) is 3.90. The molecule has 4 rings (SSSR count). The maximum absolute atomic E-state index is 13.1. The first-order chi connectivity index (χ1) is 16.3. The Bertz CT molecular complexity index is 1450. The van der Waals surface area contributed by atoms with E-state index in [0.717, 1.165) is 17.4 Å². The van der Waals surface area contributed by atoms with Crippen molar-refractivity contribution >= 4 is 44.6 Å². The molecule has 0 amide bonds. The van der Waals surface area contributed by atoms with Gasteiger partial charge in [0.2, 0.25) is 6.79 Å². The molecule has 0 saturated heterocycles. The fraction of sp³-hybridized carbons (Fsp3) is 0.222. The number of rotatable bonds is 6. The number of carbonyl (C=O) groups is 1. The average molecular weight is 461 g/mol. The van der Waals surface area contributed by atoms with Crippen LogP contribution in [0.5, 0.6) is 11.5 Å². The number of thiophene rings is 1. The lowest BCUT2D eigenvalue weighted by Gasteiger charge is -2.09. The maximum Gasteiger partial charge on any atom is 0.265 e. The normalized spacial score (nSPS) is 16.3. The molecule has 152 valence electrons. The van der Waals surface area contributed by atoms with Gasteiger partial charge in [-0.3, -0.25) is 4.79 Å². The second-order valence-electron chi connectivity index (χ2n) is 5.85. The SMILES string of the molecule is [2H]c1c(C)c(CC(=O)c2sccc2S(=O)(=O)N([2H])c2onc(C([2H])([2H])[2H])c2Cl)c([2H])c2c1OCO2. The fourth-order valence-electron chi connectivity index (χ4n) is 2.55. The number of ketones is 1. The predicted molar refractivity (Wildman–Crippen MR) is 107 cm³/mol. The summed E-state index contributed by atoms with van der Waals surface area (Å²) >= 11 is 6.71. The van der Waals surface area contributed by atoms with E-state index in [2.05, 4.69) is 5.16 Å². The van der Waals surface area contributed by atoms with Crippen molar-refractivity contribution in [2.75, 3.05) is 11.5 Å². The van der Waals surface area contributed by atoms with Crippen LogP contribution in [-0.2, 0) is 16.4 Å². The van der Waals surface area contributed by atoms with Gasteiger partial charge in [0.05, 0.1) is 7.62 Å². The number of nitrogens with one attached hydrogen (secondary N) is 1. The molecule has 0 spiro atoms. The van der Waals surface area contributed by atoms with Crippen LogP contribution >= 0.6 is 22.9 Å². The molecule has 29 heavy (non-hydrogen) atoms. The summed E-state index contributed by atoms with van der Waals surface area (Å²) in [7, 11) is -4.75. The molecule has 1 aromatic carbocycles. The first-order valence-corrected chi connectivity index (χ1v) is 10.6. The minimum Gasteiger partial charge on any atom is -0.454 e. The van der Waals surface area contributed by atoms with Crippen LogP contribution in [0.4, 0.5) is 5.88 Å². The zero-order valence-electron chi connectivity index (χ0n) is 20.6. The molecule has 1 N–H and O–H groups in total. The molecule has 0 fully saturated rings. The number of sulfonamides is 1. The van der Waals surface area contributed by atoms with Crippen molar-refractivity contribution in [3.05, 3.63) is 50.3 Å². The van der Waals surface area contributed by atoms with Crippen molar-refractivity contribution in [2.24, 2.45) is 0 Å². The van der Waals surface area contributed by atoms with Crippen LogP contribution in [0, 0.1) is 13.8 Å². The number of hydrogen-bond donors (Lipinski definition) is 1. The lowest BCUT2D eigenvalue weighted by atomic mass is 10.0. The van der Waals surface area contributed by atoms with Gasteiger partial charge in [-0.2, -0.15) is 0 Å². The highest BCUT2D eigenvalue weighted by molar-refractivity contribution is 7.93. The van der Waals surface area contributed by atoms with Gasteiger partial charge in [0, 0.05) is 10.5 Å². The molecule has 1 aliphatic rings. The zero-order chi connectivity index (χ0) is 25.9. The molecule has 3 heterocycles. The van der Waals surface area contributed by atoms with E-state index in [9.17, 15) is 13.2 Å². The Hall–Kier alpha value is -2.56. The fourth-order valence-corrected chi connectivity index (χ4v) is 5.01. The largest absolute Gasteiger partial charge is 0.454 e. The van der Waals surface area contributed by atoms with Gasteiger partial charge in [0.1, 0.15) is 15.6 Å². The smallest absolute Gasteiger partial charge is 0.265 e. The molecule has 0 atom stereocenters. The summed E-state index contributed by atoms with van der Waals surface area (Å²) in [6, 6.07) is 0.916. The Morgan fingerprint density at radius 2 is 2.21 bits per heavy atom. The molecule has 0 radical (unpaired) electrons. The van der Waals surface area contributed by atoms with Crippen LogP contribution in [0.3, 0.4) is 0 Å². The van der Waals surface area contributed by atoms with E-state index in [1.165, 1.54) is 12.3 Å². The molecule has 3 aromatic rings. The Kier molecular flexibility index (Phi) is 3.46. The summed E-state index contributed by atoms with van der Waals surface area (Å²) in [5.41, 5.74) is -0.235. The minimum atomic E-state index is -4.75. The number of hydrogen-bond acceptors (Lipinski definition) is 8. The van der Waals surface area contributed by atoms with Crippen molar-refractivity contribution in [2.45, 2.75) is 25.1 Å². The second-order valence-corrected chi connectivity index (χ2v) is 8.72. The summed E-state index contributed by atoms with van der Waals surface area (Å²) < 4.78 is 88.0. The molecular formula is C18H15ClN2O6S2. The Morgan fingerprint density at radius 3 is 2.93 bits per heavy atom. The van der Waals surface area contributed by atoms with Gasteiger partial charge in [-0.05, 0) is 48.4 Å². The number of benzene rings is 1. The monoisotopic (exact) mass is 460 g/mol. The molecule has 0 bridgehead atoms. The molecular weight excluding hydrogens is 440 g/mol. The summed E-state index contributed by atoms with van der Waals surface area (Å²) in [6.45, 7) is -1.43. The number of aromatic nitrogens is 1. The van der Waals surface area contributed by atoms with E-state index in [-0.39, 0.29) is 45.5 Å². The number of halogens is 1.